The maximum Gasteiger partial charge on any atom is 0.272 e. The van der Waals surface area contributed by atoms with Crippen molar-refractivity contribution in [1.29, 1.82) is 0 Å². The van der Waals surface area contributed by atoms with Gasteiger partial charge in [0, 0.05) is 32.2 Å². The lowest BCUT2D eigenvalue weighted by Gasteiger charge is -2.37. The van der Waals surface area contributed by atoms with Gasteiger partial charge in [-0.2, -0.15) is 4.68 Å². The van der Waals surface area contributed by atoms with Crippen molar-refractivity contribution in [2.24, 2.45) is 0 Å². The molecule has 0 spiro atoms. The first kappa shape index (κ1) is 17.3. The summed E-state index contributed by atoms with van der Waals surface area (Å²) in [4.78, 5) is 17.4. The van der Waals surface area contributed by atoms with E-state index in [9.17, 15) is 4.79 Å². The van der Waals surface area contributed by atoms with Crippen molar-refractivity contribution in [3.8, 4) is 0 Å². The Hall–Kier alpha value is -2.54. The summed E-state index contributed by atoms with van der Waals surface area (Å²) >= 11 is 0. The molecule has 0 radical (unpaired) electrons. The van der Waals surface area contributed by atoms with Crippen LogP contribution in [0.25, 0.3) is 11.8 Å². The van der Waals surface area contributed by atoms with Crippen molar-refractivity contribution >= 4 is 17.7 Å². The Balaban J connectivity index is 1.87. The van der Waals surface area contributed by atoms with E-state index in [1.807, 2.05) is 41.3 Å². The summed E-state index contributed by atoms with van der Waals surface area (Å²) < 4.78 is 1.52. The van der Waals surface area contributed by atoms with Crippen molar-refractivity contribution < 1.29 is 4.79 Å². The number of carbonyl (C=O) groups is 1. The lowest BCUT2D eigenvalue weighted by atomic mass is 10.1. The first-order chi connectivity index (χ1) is 12.1. The average Bonchev–Trinajstić information content (AvgIpc) is 3.06. The van der Waals surface area contributed by atoms with E-state index in [0.29, 0.717) is 30.7 Å². The van der Waals surface area contributed by atoms with Crippen LogP contribution in [0.5, 0.6) is 0 Å². The molecule has 1 aliphatic rings. The molecule has 0 atom stereocenters. The topological polar surface area (TPSA) is 67.2 Å². The molecule has 0 unspecified atom stereocenters. The Morgan fingerprint density at radius 2 is 1.80 bits per heavy atom. The van der Waals surface area contributed by atoms with Crippen LogP contribution < -0.4 is 0 Å². The first-order valence-electron chi connectivity index (χ1n) is 8.61. The SMILES string of the molecule is Cc1nnnn1/C(=C\c1ccccc1)C(=O)N1CCN(C(C)C)CC1. The molecular formula is C18H24N6O. The third-order valence-corrected chi connectivity index (χ3v) is 4.51. The van der Waals surface area contributed by atoms with Gasteiger partial charge in [-0.3, -0.25) is 9.69 Å². The number of piperazine rings is 1. The van der Waals surface area contributed by atoms with Gasteiger partial charge >= 0.3 is 0 Å². The van der Waals surface area contributed by atoms with E-state index < -0.39 is 0 Å². The van der Waals surface area contributed by atoms with Crippen LogP contribution in [0.4, 0.5) is 0 Å². The highest BCUT2D eigenvalue weighted by Crippen LogP contribution is 2.17. The summed E-state index contributed by atoms with van der Waals surface area (Å²) in [6.07, 6.45) is 1.85. The van der Waals surface area contributed by atoms with Crippen LogP contribution in [-0.2, 0) is 4.79 Å². The third kappa shape index (κ3) is 3.93. The van der Waals surface area contributed by atoms with Gasteiger partial charge in [0.1, 0.15) is 5.70 Å². The highest BCUT2D eigenvalue weighted by atomic mass is 16.2. The van der Waals surface area contributed by atoms with Gasteiger partial charge in [0.25, 0.3) is 5.91 Å². The molecule has 1 aromatic carbocycles. The van der Waals surface area contributed by atoms with E-state index in [-0.39, 0.29) is 5.91 Å². The van der Waals surface area contributed by atoms with Crippen molar-refractivity contribution in [3.05, 3.63) is 41.7 Å². The Morgan fingerprint density at radius 3 is 2.36 bits per heavy atom. The summed E-state index contributed by atoms with van der Waals surface area (Å²) in [5, 5.41) is 11.6. The van der Waals surface area contributed by atoms with E-state index >= 15 is 0 Å². The second kappa shape index (κ2) is 7.57. The predicted octanol–water partition coefficient (Wildman–Crippen LogP) is 1.53. The van der Waals surface area contributed by atoms with Crippen LogP contribution in [0.15, 0.2) is 30.3 Å². The zero-order chi connectivity index (χ0) is 17.8. The van der Waals surface area contributed by atoms with Crippen LogP contribution in [0.2, 0.25) is 0 Å². The van der Waals surface area contributed by atoms with Gasteiger partial charge in [-0.05, 0) is 42.8 Å². The summed E-state index contributed by atoms with van der Waals surface area (Å²) in [5.41, 5.74) is 1.42. The maximum atomic E-state index is 13.2. The number of rotatable bonds is 4. The Morgan fingerprint density at radius 1 is 1.12 bits per heavy atom. The van der Waals surface area contributed by atoms with E-state index in [2.05, 4.69) is 34.3 Å². The van der Waals surface area contributed by atoms with Crippen LogP contribution >= 0.6 is 0 Å². The highest BCUT2D eigenvalue weighted by Gasteiger charge is 2.26. The van der Waals surface area contributed by atoms with Crippen molar-refractivity contribution in [2.75, 3.05) is 26.2 Å². The maximum absolute atomic E-state index is 13.2. The fourth-order valence-corrected chi connectivity index (χ4v) is 2.98. The minimum Gasteiger partial charge on any atom is -0.335 e. The Kier molecular flexibility index (Phi) is 5.23. The molecule has 1 aliphatic heterocycles. The normalized spacial score (nSPS) is 16.5. The van der Waals surface area contributed by atoms with Gasteiger partial charge in [-0.25, -0.2) is 0 Å². The van der Waals surface area contributed by atoms with E-state index in [0.717, 1.165) is 18.7 Å². The molecule has 1 aromatic heterocycles. The summed E-state index contributed by atoms with van der Waals surface area (Å²) in [6, 6.07) is 10.3. The lowest BCUT2D eigenvalue weighted by molar-refractivity contribution is -0.127. The molecule has 2 heterocycles. The zero-order valence-corrected chi connectivity index (χ0v) is 15.0. The van der Waals surface area contributed by atoms with Gasteiger partial charge in [0.2, 0.25) is 0 Å². The molecule has 0 N–H and O–H groups in total. The van der Waals surface area contributed by atoms with Gasteiger partial charge in [0.05, 0.1) is 0 Å². The number of carbonyl (C=O) groups excluding carboxylic acids is 1. The standard InChI is InChI=1S/C18H24N6O/c1-14(2)22-9-11-23(12-10-22)18(25)17(24-15(3)19-20-21-24)13-16-7-5-4-6-8-16/h4-8,13-14H,9-12H2,1-3H3/b17-13-. The predicted molar refractivity (Wildman–Crippen MR) is 96.5 cm³/mol. The van der Waals surface area contributed by atoms with Crippen molar-refractivity contribution in [3.63, 3.8) is 0 Å². The molecule has 1 fully saturated rings. The molecule has 132 valence electrons. The van der Waals surface area contributed by atoms with Crippen LogP contribution in [-0.4, -0.2) is 68.1 Å². The zero-order valence-electron chi connectivity index (χ0n) is 15.0. The van der Waals surface area contributed by atoms with E-state index in [1.54, 1.807) is 6.92 Å². The lowest BCUT2D eigenvalue weighted by Crippen LogP contribution is -2.51. The number of amides is 1. The van der Waals surface area contributed by atoms with E-state index in [4.69, 9.17) is 0 Å². The summed E-state index contributed by atoms with van der Waals surface area (Å²) in [7, 11) is 0. The monoisotopic (exact) mass is 340 g/mol. The quantitative estimate of drug-likeness (QED) is 0.790. The summed E-state index contributed by atoms with van der Waals surface area (Å²) in [6.45, 7) is 9.36. The van der Waals surface area contributed by atoms with Crippen molar-refractivity contribution in [2.45, 2.75) is 26.8 Å². The summed E-state index contributed by atoms with van der Waals surface area (Å²) in [5.74, 6) is 0.555. The molecule has 25 heavy (non-hydrogen) atoms. The molecule has 0 bridgehead atoms. The molecule has 1 amide bonds. The second-order valence-corrected chi connectivity index (χ2v) is 6.50. The van der Waals surface area contributed by atoms with Crippen LogP contribution in [0.1, 0.15) is 25.2 Å². The fraction of sp³-hybridized carbons (Fsp3) is 0.444. The Bertz CT molecular complexity index is 744. The van der Waals surface area contributed by atoms with Gasteiger partial charge in [0.15, 0.2) is 5.82 Å². The molecule has 0 aliphatic carbocycles. The highest BCUT2D eigenvalue weighted by molar-refractivity contribution is 6.18. The van der Waals surface area contributed by atoms with Crippen LogP contribution in [0.3, 0.4) is 0 Å². The number of aryl methyl sites for hydroxylation is 1. The molecule has 1 saturated heterocycles. The van der Waals surface area contributed by atoms with Gasteiger partial charge in [-0.15, -0.1) is 5.10 Å². The number of benzene rings is 1. The average molecular weight is 340 g/mol. The van der Waals surface area contributed by atoms with Crippen molar-refractivity contribution in [1.82, 2.24) is 30.0 Å². The molecule has 2 aromatic rings. The first-order valence-corrected chi connectivity index (χ1v) is 8.61. The molecule has 0 saturated carbocycles. The fourth-order valence-electron chi connectivity index (χ4n) is 2.98. The number of nitrogens with zero attached hydrogens (tertiary/aromatic N) is 6. The largest absolute Gasteiger partial charge is 0.335 e. The molecule has 7 nitrogen and oxygen atoms in total. The minimum atomic E-state index is -0.0392. The third-order valence-electron chi connectivity index (χ3n) is 4.51. The number of aromatic nitrogens is 4. The molecule has 3 rings (SSSR count). The minimum absolute atomic E-state index is 0.0392. The number of tetrazole rings is 1. The van der Waals surface area contributed by atoms with Gasteiger partial charge in [-0.1, -0.05) is 30.3 Å². The molecular weight excluding hydrogens is 316 g/mol. The van der Waals surface area contributed by atoms with Crippen LogP contribution in [0, 0.1) is 6.92 Å². The second-order valence-electron chi connectivity index (χ2n) is 6.50. The Labute approximate surface area is 147 Å². The number of hydrogen-bond acceptors (Lipinski definition) is 5. The molecule has 7 heteroatoms. The van der Waals surface area contributed by atoms with Gasteiger partial charge < -0.3 is 4.90 Å². The van der Waals surface area contributed by atoms with E-state index in [1.165, 1.54) is 4.68 Å². The smallest absolute Gasteiger partial charge is 0.272 e. The number of hydrogen-bond donors (Lipinski definition) is 0.